The molecule has 56 valence electrons. The Hall–Kier alpha value is -1.04. The van der Waals surface area contributed by atoms with Crippen LogP contribution in [0.5, 0.6) is 0 Å². The summed E-state index contributed by atoms with van der Waals surface area (Å²) in [5.41, 5.74) is 4.32. The van der Waals surface area contributed by atoms with Crippen LogP contribution in [-0.4, -0.2) is 0 Å². The molecule has 0 saturated heterocycles. The van der Waals surface area contributed by atoms with E-state index < -0.39 is 0 Å². The fraction of sp³-hybridized carbons (Fsp3) is 0.273. The van der Waals surface area contributed by atoms with Crippen molar-refractivity contribution in [1.82, 2.24) is 0 Å². The minimum absolute atomic E-state index is 0.617. The van der Waals surface area contributed by atoms with Crippen molar-refractivity contribution < 1.29 is 0 Å². The van der Waals surface area contributed by atoms with Gasteiger partial charge in [0.15, 0.2) is 0 Å². The van der Waals surface area contributed by atoms with Gasteiger partial charge in [-0.2, -0.15) is 0 Å². The van der Waals surface area contributed by atoms with Gasteiger partial charge in [0.05, 0.1) is 0 Å². The van der Waals surface area contributed by atoms with E-state index in [1.54, 1.807) is 0 Å². The number of rotatable bonds is 0. The van der Waals surface area contributed by atoms with Crippen molar-refractivity contribution in [2.75, 3.05) is 0 Å². The molecule has 1 aliphatic rings. The van der Waals surface area contributed by atoms with Gasteiger partial charge in [-0.15, -0.1) is 0 Å². The second-order valence-corrected chi connectivity index (χ2v) is 3.23. The molecule has 1 aromatic carbocycles. The second-order valence-electron chi connectivity index (χ2n) is 3.23. The average molecular weight is 144 g/mol. The Morgan fingerprint density at radius 1 is 1.27 bits per heavy atom. The van der Waals surface area contributed by atoms with E-state index in [4.69, 9.17) is 0 Å². The molecule has 1 aromatic rings. The summed E-state index contributed by atoms with van der Waals surface area (Å²) in [5, 5.41) is 0. The maximum atomic E-state index is 2.26. The molecule has 0 saturated carbocycles. The zero-order valence-corrected chi connectivity index (χ0v) is 6.96. The molecule has 0 N–H and O–H groups in total. The van der Waals surface area contributed by atoms with Crippen molar-refractivity contribution >= 4 is 6.08 Å². The van der Waals surface area contributed by atoms with Gasteiger partial charge in [-0.1, -0.05) is 37.3 Å². The van der Waals surface area contributed by atoms with Gasteiger partial charge >= 0.3 is 0 Å². The molecule has 0 radical (unpaired) electrons. The molecule has 2 rings (SSSR count). The summed E-state index contributed by atoms with van der Waals surface area (Å²) >= 11 is 0. The summed E-state index contributed by atoms with van der Waals surface area (Å²) in [5.74, 6) is 0.617. The summed E-state index contributed by atoms with van der Waals surface area (Å²) in [6.45, 7) is 4.43. The van der Waals surface area contributed by atoms with Crippen molar-refractivity contribution in [3.05, 3.63) is 41.0 Å². The third-order valence-electron chi connectivity index (χ3n) is 2.38. The molecular weight excluding hydrogens is 132 g/mol. The van der Waals surface area contributed by atoms with Crippen LogP contribution in [0.25, 0.3) is 6.08 Å². The third-order valence-corrected chi connectivity index (χ3v) is 2.38. The van der Waals surface area contributed by atoms with Crippen molar-refractivity contribution in [2.24, 2.45) is 0 Å². The summed E-state index contributed by atoms with van der Waals surface area (Å²) in [6.07, 6.45) is 4.48. The van der Waals surface area contributed by atoms with E-state index in [1.807, 2.05) is 0 Å². The van der Waals surface area contributed by atoms with E-state index >= 15 is 0 Å². The van der Waals surface area contributed by atoms with E-state index in [-0.39, 0.29) is 0 Å². The van der Waals surface area contributed by atoms with Gasteiger partial charge in [0.1, 0.15) is 0 Å². The van der Waals surface area contributed by atoms with Crippen molar-refractivity contribution in [2.45, 2.75) is 19.8 Å². The molecule has 0 fully saturated rings. The van der Waals surface area contributed by atoms with Gasteiger partial charge in [0, 0.05) is 5.92 Å². The van der Waals surface area contributed by atoms with Gasteiger partial charge in [0.25, 0.3) is 0 Å². The van der Waals surface area contributed by atoms with E-state index in [1.165, 1.54) is 16.7 Å². The average Bonchev–Trinajstić information content (AvgIpc) is 2.34. The zero-order chi connectivity index (χ0) is 7.84. The molecule has 11 heavy (non-hydrogen) atoms. The van der Waals surface area contributed by atoms with Crippen LogP contribution in [0.1, 0.15) is 29.5 Å². The normalized spacial score (nSPS) is 20.4. The lowest BCUT2D eigenvalue weighted by Crippen LogP contribution is -1.90. The smallest absolute Gasteiger partial charge is 0.000145 e. The zero-order valence-electron chi connectivity index (χ0n) is 6.96. The molecule has 0 heterocycles. The van der Waals surface area contributed by atoms with E-state index in [0.717, 1.165) is 0 Å². The Morgan fingerprint density at radius 3 is 2.82 bits per heavy atom. The van der Waals surface area contributed by atoms with Crippen LogP contribution in [0.15, 0.2) is 24.3 Å². The molecular formula is C11H12. The standard InChI is InChI=1S/C11H12/c1-8-4-3-5-10-7-6-9(2)11(8)10/h3-7,9H,1-2H3. The highest BCUT2D eigenvalue weighted by Gasteiger charge is 2.13. The van der Waals surface area contributed by atoms with Crippen molar-refractivity contribution in [3.8, 4) is 0 Å². The van der Waals surface area contributed by atoms with Crippen LogP contribution in [0.4, 0.5) is 0 Å². The monoisotopic (exact) mass is 144 g/mol. The van der Waals surface area contributed by atoms with Gasteiger partial charge in [-0.25, -0.2) is 0 Å². The first-order chi connectivity index (χ1) is 5.29. The van der Waals surface area contributed by atoms with E-state index in [0.29, 0.717) is 5.92 Å². The maximum absolute atomic E-state index is 2.26. The molecule has 0 nitrogen and oxygen atoms in total. The number of fused-ring (bicyclic) bond motifs is 1. The molecule has 0 amide bonds. The highest BCUT2D eigenvalue weighted by Crippen LogP contribution is 2.31. The lowest BCUT2D eigenvalue weighted by Gasteiger charge is -2.07. The fourth-order valence-electron chi connectivity index (χ4n) is 1.81. The summed E-state index contributed by atoms with van der Waals surface area (Å²) in [6, 6.07) is 6.49. The molecule has 0 heteroatoms. The first-order valence-electron chi connectivity index (χ1n) is 4.07. The number of benzene rings is 1. The Morgan fingerprint density at radius 2 is 2.09 bits per heavy atom. The minimum atomic E-state index is 0.617. The number of aryl methyl sites for hydroxylation is 1. The SMILES string of the molecule is Cc1cccc2c1C(C)C=C2. The summed E-state index contributed by atoms with van der Waals surface area (Å²) in [4.78, 5) is 0. The van der Waals surface area contributed by atoms with Gasteiger partial charge in [0.2, 0.25) is 0 Å². The highest BCUT2D eigenvalue weighted by atomic mass is 14.2. The second kappa shape index (κ2) is 2.23. The van der Waals surface area contributed by atoms with E-state index in [9.17, 15) is 0 Å². The lowest BCUT2D eigenvalue weighted by molar-refractivity contribution is 0.974. The summed E-state index contributed by atoms with van der Waals surface area (Å²) in [7, 11) is 0. The number of allylic oxidation sites excluding steroid dienone is 1. The predicted octanol–water partition coefficient (Wildman–Crippen LogP) is 3.13. The highest BCUT2D eigenvalue weighted by molar-refractivity contribution is 5.63. The molecule has 0 aromatic heterocycles. The Balaban J connectivity index is 2.65. The number of hydrogen-bond acceptors (Lipinski definition) is 0. The van der Waals surface area contributed by atoms with Crippen LogP contribution in [0, 0.1) is 6.92 Å². The predicted molar refractivity (Wildman–Crippen MR) is 48.6 cm³/mol. The van der Waals surface area contributed by atoms with Gasteiger partial charge in [-0.05, 0) is 23.6 Å². The van der Waals surface area contributed by atoms with Crippen molar-refractivity contribution in [1.29, 1.82) is 0 Å². The number of hydrogen-bond donors (Lipinski definition) is 0. The quantitative estimate of drug-likeness (QED) is 0.524. The topological polar surface area (TPSA) is 0 Å². The van der Waals surface area contributed by atoms with Crippen molar-refractivity contribution in [3.63, 3.8) is 0 Å². The van der Waals surface area contributed by atoms with Crippen LogP contribution in [-0.2, 0) is 0 Å². The molecule has 0 bridgehead atoms. The summed E-state index contributed by atoms with van der Waals surface area (Å²) < 4.78 is 0. The minimum Gasteiger partial charge on any atom is -0.0766 e. The van der Waals surface area contributed by atoms with Crippen LogP contribution >= 0.6 is 0 Å². The first kappa shape index (κ1) is 6.66. The Kier molecular flexibility index (Phi) is 1.35. The molecule has 1 unspecified atom stereocenters. The van der Waals surface area contributed by atoms with Gasteiger partial charge in [-0.3, -0.25) is 0 Å². The van der Waals surface area contributed by atoms with Crippen LogP contribution < -0.4 is 0 Å². The van der Waals surface area contributed by atoms with Crippen LogP contribution in [0.2, 0.25) is 0 Å². The van der Waals surface area contributed by atoms with Gasteiger partial charge < -0.3 is 0 Å². The fourth-order valence-corrected chi connectivity index (χ4v) is 1.81. The molecule has 1 atom stereocenters. The van der Waals surface area contributed by atoms with Crippen LogP contribution in [0.3, 0.4) is 0 Å². The first-order valence-corrected chi connectivity index (χ1v) is 4.07. The Labute approximate surface area is 67.6 Å². The van der Waals surface area contributed by atoms with E-state index in [2.05, 4.69) is 44.2 Å². The third kappa shape index (κ3) is 0.900. The molecule has 0 spiro atoms. The molecule has 0 aliphatic heterocycles. The lowest BCUT2D eigenvalue weighted by atomic mass is 9.97. The largest absolute Gasteiger partial charge is 0.0766 e. The maximum Gasteiger partial charge on any atom is 0.000145 e. The molecule has 1 aliphatic carbocycles. The Bertz CT molecular complexity index is 308.